The van der Waals surface area contributed by atoms with Crippen LogP contribution in [0.4, 0.5) is 0 Å². The quantitative estimate of drug-likeness (QED) is 0.875. The standard InChI is InChI=1S/C14H16N2O/c15-14(7-8-14)6-5-11-3-1-2-4-12(11)13-16-9-10-17-13/h1-4,9-10H,5-8,15H2. The minimum absolute atomic E-state index is 0.101. The molecule has 17 heavy (non-hydrogen) atoms. The maximum atomic E-state index is 6.12. The van der Waals surface area contributed by atoms with Crippen LogP contribution in [0.1, 0.15) is 24.8 Å². The topological polar surface area (TPSA) is 52.0 Å². The molecule has 3 nitrogen and oxygen atoms in total. The Kier molecular flexibility index (Phi) is 2.48. The number of aromatic nitrogens is 1. The first-order chi connectivity index (χ1) is 8.27. The summed E-state index contributed by atoms with van der Waals surface area (Å²) in [5, 5.41) is 0. The number of hydrogen-bond acceptors (Lipinski definition) is 3. The van der Waals surface area contributed by atoms with Gasteiger partial charge in [0.2, 0.25) is 5.89 Å². The van der Waals surface area contributed by atoms with E-state index in [1.54, 1.807) is 12.5 Å². The van der Waals surface area contributed by atoms with E-state index in [0.717, 1.165) is 31.2 Å². The van der Waals surface area contributed by atoms with Gasteiger partial charge in [0.05, 0.1) is 6.20 Å². The Morgan fingerprint density at radius 1 is 1.29 bits per heavy atom. The van der Waals surface area contributed by atoms with Crippen molar-refractivity contribution in [3.63, 3.8) is 0 Å². The summed E-state index contributed by atoms with van der Waals surface area (Å²) in [5.41, 5.74) is 8.58. The van der Waals surface area contributed by atoms with Crippen LogP contribution in [0.5, 0.6) is 0 Å². The van der Waals surface area contributed by atoms with Gasteiger partial charge in [-0.25, -0.2) is 4.98 Å². The van der Waals surface area contributed by atoms with Crippen molar-refractivity contribution in [1.29, 1.82) is 0 Å². The molecule has 1 aliphatic rings. The maximum Gasteiger partial charge on any atom is 0.226 e. The fraction of sp³-hybridized carbons (Fsp3) is 0.357. The van der Waals surface area contributed by atoms with Crippen LogP contribution in [-0.4, -0.2) is 10.5 Å². The van der Waals surface area contributed by atoms with E-state index in [0.29, 0.717) is 5.89 Å². The molecule has 3 heteroatoms. The van der Waals surface area contributed by atoms with E-state index >= 15 is 0 Å². The number of nitrogens with two attached hydrogens (primary N) is 1. The highest BCUT2D eigenvalue weighted by Gasteiger charge is 2.37. The average Bonchev–Trinajstić information content (AvgIpc) is 2.88. The molecule has 2 aromatic rings. The van der Waals surface area contributed by atoms with Crippen LogP contribution in [0, 0.1) is 0 Å². The van der Waals surface area contributed by atoms with E-state index in [2.05, 4.69) is 23.2 Å². The lowest BCUT2D eigenvalue weighted by molar-refractivity contribution is 0.571. The van der Waals surface area contributed by atoms with Gasteiger partial charge < -0.3 is 10.2 Å². The summed E-state index contributed by atoms with van der Waals surface area (Å²) >= 11 is 0. The molecule has 0 amide bonds. The van der Waals surface area contributed by atoms with Crippen LogP contribution in [0.15, 0.2) is 41.1 Å². The van der Waals surface area contributed by atoms with Crippen molar-refractivity contribution < 1.29 is 4.42 Å². The Morgan fingerprint density at radius 2 is 2.12 bits per heavy atom. The van der Waals surface area contributed by atoms with Gasteiger partial charge in [0, 0.05) is 11.1 Å². The van der Waals surface area contributed by atoms with Crippen LogP contribution < -0.4 is 5.73 Å². The first-order valence-electron chi connectivity index (χ1n) is 6.04. The molecule has 1 saturated carbocycles. The Balaban J connectivity index is 1.83. The van der Waals surface area contributed by atoms with E-state index in [1.165, 1.54) is 5.56 Å². The highest BCUT2D eigenvalue weighted by Crippen LogP contribution is 2.37. The normalized spacial score (nSPS) is 17.0. The van der Waals surface area contributed by atoms with Gasteiger partial charge in [-0.2, -0.15) is 0 Å². The summed E-state index contributed by atoms with van der Waals surface area (Å²) in [6.45, 7) is 0. The third-order valence-electron chi connectivity index (χ3n) is 3.46. The number of aryl methyl sites for hydroxylation is 1. The van der Waals surface area contributed by atoms with Gasteiger partial charge in [-0.3, -0.25) is 0 Å². The smallest absolute Gasteiger partial charge is 0.226 e. The number of rotatable bonds is 4. The summed E-state index contributed by atoms with van der Waals surface area (Å²) in [7, 11) is 0. The van der Waals surface area contributed by atoms with E-state index in [4.69, 9.17) is 10.2 Å². The zero-order chi connectivity index (χ0) is 11.7. The molecule has 2 N–H and O–H groups in total. The summed E-state index contributed by atoms with van der Waals surface area (Å²) < 4.78 is 5.37. The summed E-state index contributed by atoms with van der Waals surface area (Å²) in [6, 6.07) is 8.25. The van der Waals surface area contributed by atoms with Crippen molar-refractivity contribution in [3.05, 3.63) is 42.3 Å². The zero-order valence-electron chi connectivity index (χ0n) is 9.73. The van der Waals surface area contributed by atoms with Crippen LogP contribution in [0.3, 0.4) is 0 Å². The monoisotopic (exact) mass is 228 g/mol. The molecular weight excluding hydrogens is 212 g/mol. The molecule has 0 aliphatic heterocycles. The minimum atomic E-state index is 0.101. The van der Waals surface area contributed by atoms with E-state index in [1.807, 2.05) is 6.07 Å². The van der Waals surface area contributed by atoms with Gasteiger partial charge in [0.1, 0.15) is 6.26 Å². The molecule has 1 fully saturated rings. The second kappa shape index (κ2) is 4.00. The van der Waals surface area contributed by atoms with Crippen molar-refractivity contribution in [2.24, 2.45) is 5.73 Å². The van der Waals surface area contributed by atoms with Gasteiger partial charge in [-0.05, 0) is 37.3 Å². The van der Waals surface area contributed by atoms with Gasteiger partial charge in [0.15, 0.2) is 0 Å². The third-order valence-corrected chi connectivity index (χ3v) is 3.46. The minimum Gasteiger partial charge on any atom is -0.445 e. The second-order valence-electron chi connectivity index (χ2n) is 4.86. The van der Waals surface area contributed by atoms with Crippen LogP contribution in [0.25, 0.3) is 11.5 Å². The molecular formula is C14H16N2O. The molecule has 0 saturated heterocycles. The lowest BCUT2D eigenvalue weighted by Gasteiger charge is -2.10. The van der Waals surface area contributed by atoms with Crippen molar-refractivity contribution >= 4 is 0 Å². The Hall–Kier alpha value is -1.61. The summed E-state index contributed by atoms with van der Waals surface area (Å²) in [4.78, 5) is 4.21. The lowest BCUT2D eigenvalue weighted by atomic mass is 9.99. The maximum absolute atomic E-state index is 6.12. The average molecular weight is 228 g/mol. The van der Waals surface area contributed by atoms with Gasteiger partial charge in [-0.1, -0.05) is 18.2 Å². The van der Waals surface area contributed by atoms with Crippen LogP contribution in [-0.2, 0) is 6.42 Å². The lowest BCUT2D eigenvalue weighted by Crippen LogP contribution is -2.22. The molecule has 1 heterocycles. The van der Waals surface area contributed by atoms with E-state index in [-0.39, 0.29) is 5.54 Å². The summed E-state index contributed by atoms with van der Waals surface area (Å²) in [6.07, 6.45) is 7.65. The number of nitrogens with zero attached hydrogens (tertiary/aromatic N) is 1. The molecule has 1 aromatic heterocycles. The van der Waals surface area contributed by atoms with Crippen molar-refractivity contribution in [3.8, 4) is 11.5 Å². The Labute approximate surface area is 101 Å². The zero-order valence-corrected chi connectivity index (χ0v) is 9.73. The van der Waals surface area contributed by atoms with Crippen LogP contribution in [0.2, 0.25) is 0 Å². The molecule has 0 radical (unpaired) electrons. The SMILES string of the molecule is NC1(CCc2ccccc2-c2ncco2)CC1. The van der Waals surface area contributed by atoms with Crippen molar-refractivity contribution in [1.82, 2.24) is 4.98 Å². The van der Waals surface area contributed by atoms with Crippen molar-refractivity contribution in [2.75, 3.05) is 0 Å². The van der Waals surface area contributed by atoms with Crippen LogP contribution >= 0.6 is 0 Å². The number of oxazole rings is 1. The molecule has 3 rings (SSSR count). The molecule has 0 bridgehead atoms. The first kappa shape index (κ1) is 10.5. The molecule has 88 valence electrons. The number of hydrogen-bond donors (Lipinski definition) is 1. The van der Waals surface area contributed by atoms with E-state index < -0.39 is 0 Å². The third kappa shape index (κ3) is 2.24. The molecule has 0 unspecified atom stereocenters. The summed E-state index contributed by atoms with van der Waals surface area (Å²) in [5.74, 6) is 0.697. The molecule has 0 atom stereocenters. The van der Waals surface area contributed by atoms with Gasteiger partial charge in [-0.15, -0.1) is 0 Å². The fourth-order valence-electron chi connectivity index (χ4n) is 2.10. The highest BCUT2D eigenvalue weighted by molar-refractivity contribution is 5.58. The van der Waals surface area contributed by atoms with Crippen molar-refractivity contribution in [2.45, 2.75) is 31.2 Å². The predicted octanol–water partition coefficient (Wildman–Crippen LogP) is 2.77. The van der Waals surface area contributed by atoms with E-state index in [9.17, 15) is 0 Å². The molecule has 1 aromatic carbocycles. The first-order valence-corrected chi connectivity index (χ1v) is 6.04. The molecule has 0 spiro atoms. The van der Waals surface area contributed by atoms with Gasteiger partial charge >= 0.3 is 0 Å². The Morgan fingerprint density at radius 3 is 2.82 bits per heavy atom. The predicted molar refractivity (Wildman–Crippen MR) is 66.4 cm³/mol. The number of benzene rings is 1. The fourth-order valence-corrected chi connectivity index (χ4v) is 2.10. The van der Waals surface area contributed by atoms with Gasteiger partial charge in [0.25, 0.3) is 0 Å². The largest absolute Gasteiger partial charge is 0.445 e. The highest BCUT2D eigenvalue weighted by atomic mass is 16.3. The molecule has 1 aliphatic carbocycles. The second-order valence-corrected chi connectivity index (χ2v) is 4.86. The Bertz CT molecular complexity index is 501.